The average Bonchev–Trinajstić information content (AvgIpc) is 2.25. The van der Waals surface area contributed by atoms with Gasteiger partial charge in [0.25, 0.3) is 0 Å². The molecule has 17 heavy (non-hydrogen) atoms. The third-order valence-corrected chi connectivity index (χ3v) is 3.25. The predicted octanol–water partition coefficient (Wildman–Crippen LogP) is 0.217. The summed E-state index contributed by atoms with van der Waals surface area (Å²) in [6.07, 6.45) is -0.789. The monoisotopic (exact) mass is 260 g/mol. The molecule has 0 amide bonds. The van der Waals surface area contributed by atoms with Crippen LogP contribution >= 0.6 is 0 Å². The molecule has 0 spiro atoms. The zero-order valence-corrected chi connectivity index (χ0v) is 10.1. The molecule has 1 aromatic rings. The average molecular weight is 260 g/mol. The van der Waals surface area contributed by atoms with E-state index in [0.717, 1.165) is 12.3 Å². The first-order valence-corrected chi connectivity index (χ1v) is 6.45. The number of benzene rings is 1. The second-order valence-electron chi connectivity index (χ2n) is 3.42. The largest absolute Gasteiger partial charge is 0.495 e. The van der Waals surface area contributed by atoms with Crippen LogP contribution in [-0.4, -0.2) is 38.0 Å². The number of carboxylic acid groups (broad SMARTS) is 1. The van der Waals surface area contributed by atoms with Crippen LogP contribution in [0.25, 0.3) is 0 Å². The van der Waals surface area contributed by atoms with Gasteiger partial charge in [-0.1, -0.05) is 6.07 Å². The van der Waals surface area contributed by atoms with Gasteiger partial charge < -0.3 is 14.9 Å². The number of sulfone groups is 1. The zero-order chi connectivity index (χ0) is 13.2. The molecule has 0 aromatic heterocycles. The second kappa shape index (κ2) is 4.72. The highest BCUT2D eigenvalue weighted by molar-refractivity contribution is 7.90. The summed E-state index contributed by atoms with van der Waals surface area (Å²) in [5.41, 5.74) is -0.0151. The standard InChI is InChI=1S/C10H12O6S/c1-16-7-4-3-6(9(11)10(12)13)5-8(7)17(2,14)15/h3-5,9,11H,1-2H3,(H,12,13). The first kappa shape index (κ1) is 13.5. The summed E-state index contributed by atoms with van der Waals surface area (Å²) in [4.78, 5) is 10.4. The minimum Gasteiger partial charge on any atom is -0.495 e. The first-order valence-electron chi connectivity index (χ1n) is 4.56. The molecular weight excluding hydrogens is 248 g/mol. The molecule has 2 N–H and O–H groups in total. The molecule has 94 valence electrons. The molecule has 1 aromatic carbocycles. The number of rotatable bonds is 4. The van der Waals surface area contributed by atoms with Gasteiger partial charge in [0.2, 0.25) is 0 Å². The second-order valence-corrected chi connectivity index (χ2v) is 5.41. The number of ether oxygens (including phenoxy) is 1. The number of aliphatic carboxylic acids is 1. The van der Waals surface area contributed by atoms with Crippen LogP contribution in [0.3, 0.4) is 0 Å². The Kier molecular flexibility index (Phi) is 3.74. The summed E-state index contributed by atoms with van der Waals surface area (Å²) in [6, 6.07) is 3.69. The Morgan fingerprint density at radius 1 is 1.41 bits per heavy atom. The van der Waals surface area contributed by atoms with Gasteiger partial charge in [0.05, 0.1) is 7.11 Å². The lowest BCUT2D eigenvalue weighted by molar-refractivity contribution is -0.146. The SMILES string of the molecule is COc1ccc(C(O)C(=O)O)cc1S(C)(=O)=O. The highest BCUT2D eigenvalue weighted by Crippen LogP contribution is 2.27. The lowest BCUT2D eigenvalue weighted by Gasteiger charge is -2.11. The minimum atomic E-state index is -3.56. The van der Waals surface area contributed by atoms with Crippen LogP contribution in [0.15, 0.2) is 23.1 Å². The van der Waals surface area contributed by atoms with E-state index in [1.54, 1.807) is 0 Å². The Hall–Kier alpha value is -1.60. The molecule has 1 rings (SSSR count). The smallest absolute Gasteiger partial charge is 0.337 e. The van der Waals surface area contributed by atoms with Gasteiger partial charge in [0.15, 0.2) is 15.9 Å². The van der Waals surface area contributed by atoms with E-state index in [4.69, 9.17) is 9.84 Å². The summed E-state index contributed by atoms with van der Waals surface area (Å²) in [6.45, 7) is 0. The Labute approximate surface area is 98.4 Å². The number of methoxy groups -OCH3 is 1. The van der Waals surface area contributed by atoms with Gasteiger partial charge in [-0.2, -0.15) is 0 Å². The van der Waals surface area contributed by atoms with E-state index in [1.807, 2.05) is 0 Å². The molecule has 1 unspecified atom stereocenters. The van der Waals surface area contributed by atoms with Gasteiger partial charge in [-0.15, -0.1) is 0 Å². The fourth-order valence-corrected chi connectivity index (χ4v) is 2.16. The maximum Gasteiger partial charge on any atom is 0.337 e. The Morgan fingerprint density at radius 2 is 2.00 bits per heavy atom. The molecule has 7 heteroatoms. The summed E-state index contributed by atoms with van der Waals surface area (Å²) < 4.78 is 27.8. The molecule has 0 fully saturated rings. The molecule has 0 aliphatic carbocycles. The molecule has 6 nitrogen and oxygen atoms in total. The number of aliphatic hydroxyl groups is 1. The lowest BCUT2D eigenvalue weighted by atomic mass is 10.1. The minimum absolute atomic E-state index is 0.0151. The molecular formula is C10H12O6S. The summed E-state index contributed by atoms with van der Waals surface area (Å²) in [5.74, 6) is -1.34. The van der Waals surface area contributed by atoms with E-state index in [1.165, 1.54) is 19.2 Å². The van der Waals surface area contributed by atoms with E-state index in [-0.39, 0.29) is 16.2 Å². The van der Waals surface area contributed by atoms with Crippen LogP contribution in [0.5, 0.6) is 5.75 Å². The quantitative estimate of drug-likeness (QED) is 0.803. The van der Waals surface area contributed by atoms with Gasteiger partial charge in [0, 0.05) is 6.26 Å². The maximum atomic E-state index is 11.4. The van der Waals surface area contributed by atoms with Crippen molar-refractivity contribution in [2.24, 2.45) is 0 Å². The summed E-state index contributed by atoms with van der Waals surface area (Å²) >= 11 is 0. The molecule has 1 atom stereocenters. The van der Waals surface area contributed by atoms with Gasteiger partial charge in [-0.25, -0.2) is 13.2 Å². The number of aliphatic hydroxyl groups excluding tert-OH is 1. The van der Waals surface area contributed by atoms with Gasteiger partial charge in [-0.05, 0) is 17.7 Å². The van der Waals surface area contributed by atoms with Crippen molar-refractivity contribution in [1.29, 1.82) is 0 Å². The maximum absolute atomic E-state index is 11.4. The molecule has 0 heterocycles. The van der Waals surface area contributed by atoms with Crippen molar-refractivity contribution in [3.8, 4) is 5.75 Å². The van der Waals surface area contributed by atoms with Crippen molar-refractivity contribution in [3.63, 3.8) is 0 Å². The zero-order valence-electron chi connectivity index (χ0n) is 9.25. The van der Waals surface area contributed by atoms with Crippen molar-refractivity contribution in [2.75, 3.05) is 13.4 Å². The molecule has 0 bridgehead atoms. The number of carbonyl (C=O) groups is 1. The summed E-state index contributed by atoms with van der Waals surface area (Å²) in [5, 5.41) is 17.9. The van der Waals surface area contributed by atoms with Gasteiger partial charge >= 0.3 is 5.97 Å². The molecule has 0 saturated heterocycles. The fraction of sp³-hybridized carbons (Fsp3) is 0.300. The highest BCUT2D eigenvalue weighted by atomic mass is 32.2. The van der Waals surface area contributed by atoms with E-state index in [2.05, 4.69) is 0 Å². The normalized spacial score (nSPS) is 13.1. The van der Waals surface area contributed by atoms with Crippen molar-refractivity contribution in [1.82, 2.24) is 0 Å². The van der Waals surface area contributed by atoms with Gasteiger partial charge in [0.1, 0.15) is 10.6 Å². The van der Waals surface area contributed by atoms with Crippen LogP contribution < -0.4 is 4.74 Å². The topological polar surface area (TPSA) is 101 Å². The van der Waals surface area contributed by atoms with Gasteiger partial charge in [-0.3, -0.25) is 0 Å². The molecule has 0 radical (unpaired) electrons. The Balaban J connectivity index is 3.38. The van der Waals surface area contributed by atoms with E-state index >= 15 is 0 Å². The van der Waals surface area contributed by atoms with E-state index in [0.29, 0.717) is 0 Å². The van der Waals surface area contributed by atoms with Crippen LogP contribution in [0.2, 0.25) is 0 Å². The van der Waals surface area contributed by atoms with Crippen LogP contribution in [0, 0.1) is 0 Å². The number of hydrogen-bond acceptors (Lipinski definition) is 5. The molecule has 0 aliphatic rings. The molecule has 0 aliphatic heterocycles. The van der Waals surface area contributed by atoms with Crippen LogP contribution in [-0.2, 0) is 14.6 Å². The van der Waals surface area contributed by atoms with Crippen molar-refractivity contribution in [3.05, 3.63) is 23.8 Å². The van der Waals surface area contributed by atoms with Crippen molar-refractivity contribution < 1.29 is 28.2 Å². The fourth-order valence-electron chi connectivity index (χ4n) is 1.30. The number of hydrogen-bond donors (Lipinski definition) is 2. The van der Waals surface area contributed by atoms with E-state index < -0.39 is 21.9 Å². The third kappa shape index (κ3) is 2.95. The molecule has 0 saturated carbocycles. The summed E-state index contributed by atoms with van der Waals surface area (Å²) in [7, 11) is -2.25. The number of carboxylic acids is 1. The van der Waals surface area contributed by atoms with E-state index in [9.17, 15) is 18.3 Å². The third-order valence-electron chi connectivity index (χ3n) is 2.14. The van der Waals surface area contributed by atoms with Crippen LogP contribution in [0.4, 0.5) is 0 Å². The lowest BCUT2D eigenvalue weighted by Crippen LogP contribution is -2.11. The Morgan fingerprint density at radius 3 is 2.41 bits per heavy atom. The van der Waals surface area contributed by atoms with Crippen molar-refractivity contribution in [2.45, 2.75) is 11.0 Å². The highest BCUT2D eigenvalue weighted by Gasteiger charge is 2.21. The predicted molar refractivity (Wildman–Crippen MR) is 58.7 cm³/mol. The van der Waals surface area contributed by atoms with Crippen LogP contribution in [0.1, 0.15) is 11.7 Å². The first-order chi connectivity index (χ1) is 7.77. The van der Waals surface area contributed by atoms with Crippen molar-refractivity contribution >= 4 is 15.8 Å². The Bertz CT molecular complexity index is 534.